The van der Waals surface area contributed by atoms with Crippen LogP contribution in [0.4, 0.5) is 0 Å². The summed E-state index contributed by atoms with van der Waals surface area (Å²) >= 11 is 0. The Morgan fingerprint density at radius 3 is 3.00 bits per heavy atom. The Labute approximate surface area is 97.5 Å². The van der Waals surface area contributed by atoms with Gasteiger partial charge < -0.3 is 19.5 Å². The highest BCUT2D eigenvalue weighted by Gasteiger charge is 2.26. The molecule has 0 spiro atoms. The molecule has 1 N–H and O–H groups in total. The van der Waals surface area contributed by atoms with Gasteiger partial charge in [0.15, 0.2) is 0 Å². The van der Waals surface area contributed by atoms with E-state index in [1.165, 1.54) is 0 Å². The van der Waals surface area contributed by atoms with Crippen molar-refractivity contribution in [2.75, 3.05) is 33.0 Å². The number of rotatable bonds is 2. The fraction of sp³-hybridized carbons (Fsp3) is 1.00. The van der Waals surface area contributed by atoms with Crippen LogP contribution in [0.2, 0.25) is 0 Å². The zero-order valence-corrected chi connectivity index (χ0v) is 10.2. The molecular formula is C12H23NO3. The Morgan fingerprint density at radius 2 is 2.25 bits per heavy atom. The maximum Gasteiger partial charge on any atom is 0.147 e. The van der Waals surface area contributed by atoms with Gasteiger partial charge in [0.2, 0.25) is 0 Å². The van der Waals surface area contributed by atoms with E-state index in [2.05, 4.69) is 4.90 Å². The molecule has 0 bridgehead atoms. The van der Waals surface area contributed by atoms with Gasteiger partial charge in [0.25, 0.3) is 0 Å². The number of hydrogen-bond acceptors (Lipinski definition) is 4. The summed E-state index contributed by atoms with van der Waals surface area (Å²) < 4.78 is 10.7. The summed E-state index contributed by atoms with van der Waals surface area (Å²) in [6, 6.07) is 0. The first-order valence-electron chi connectivity index (χ1n) is 6.30. The minimum Gasteiger partial charge on any atom is -0.390 e. The molecule has 0 aromatic carbocycles. The molecule has 2 heterocycles. The van der Waals surface area contributed by atoms with Crippen molar-refractivity contribution < 1.29 is 14.6 Å². The highest BCUT2D eigenvalue weighted by Crippen LogP contribution is 2.22. The van der Waals surface area contributed by atoms with E-state index in [4.69, 9.17) is 9.47 Å². The van der Waals surface area contributed by atoms with Gasteiger partial charge in [0, 0.05) is 13.1 Å². The van der Waals surface area contributed by atoms with Crippen LogP contribution in [0.15, 0.2) is 0 Å². The molecule has 0 aromatic heterocycles. The number of likely N-dealkylation sites (tertiary alicyclic amines) is 1. The van der Waals surface area contributed by atoms with Gasteiger partial charge in [0.05, 0.1) is 18.3 Å². The Morgan fingerprint density at radius 1 is 1.38 bits per heavy atom. The summed E-state index contributed by atoms with van der Waals surface area (Å²) in [7, 11) is 0. The van der Waals surface area contributed by atoms with Gasteiger partial charge in [-0.05, 0) is 39.2 Å². The van der Waals surface area contributed by atoms with Crippen LogP contribution in [-0.2, 0) is 9.47 Å². The molecular weight excluding hydrogens is 206 g/mol. The van der Waals surface area contributed by atoms with Gasteiger partial charge in [-0.25, -0.2) is 0 Å². The Bertz CT molecular complexity index is 214. The normalized spacial score (nSPS) is 38.2. The van der Waals surface area contributed by atoms with Crippen molar-refractivity contribution in [3.8, 4) is 0 Å². The third-order valence-corrected chi connectivity index (χ3v) is 3.59. The lowest BCUT2D eigenvalue weighted by molar-refractivity contribution is -0.144. The molecule has 0 saturated carbocycles. The third kappa shape index (κ3) is 3.70. The predicted octanol–water partition coefficient (Wildman–Crippen LogP) is 0.986. The average Bonchev–Trinajstić information content (AvgIpc) is 2.42. The fourth-order valence-electron chi connectivity index (χ4n) is 2.44. The second-order valence-electron chi connectivity index (χ2n) is 5.25. The van der Waals surface area contributed by atoms with E-state index < -0.39 is 5.60 Å². The zero-order valence-electron chi connectivity index (χ0n) is 10.2. The summed E-state index contributed by atoms with van der Waals surface area (Å²) in [5.41, 5.74) is -0.467. The Kier molecular flexibility index (Phi) is 4.19. The maximum absolute atomic E-state index is 10.0. The third-order valence-electron chi connectivity index (χ3n) is 3.59. The molecule has 4 heteroatoms. The second kappa shape index (κ2) is 5.45. The quantitative estimate of drug-likeness (QED) is 0.766. The van der Waals surface area contributed by atoms with Gasteiger partial charge in [-0.1, -0.05) is 0 Å². The van der Waals surface area contributed by atoms with Gasteiger partial charge in [-0.2, -0.15) is 0 Å². The summed E-state index contributed by atoms with van der Waals surface area (Å²) in [6.07, 6.45) is 4.18. The van der Waals surface area contributed by atoms with E-state index in [1.54, 1.807) is 0 Å². The molecule has 16 heavy (non-hydrogen) atoms. The molecule has 2 atom stereocenters. The average molecular weight is 229 g/mol. The molecule has 0 radical (unpaired) electrons. The van der Waals surface area contributed by atoms with E-state index >= 15 is 0 Å². The SMILES string of the molecule is CC1(O)CCCN(CC2CCOCO2)CC1. The van der Waals surface area contributed by atoms with Crippen molar-refractivity contribution in [1.29, 1.82) is 0 Å². The molecule has 2 saturated heterocycles. The van der Waals surface area contributed by atoms with Gasteiger partial charge in [0.1, 0.15) is 6.79 Å². The van der Waals surface area contributed by atoms with Crippen LogP contribution in [0.1, 0.15) is 32.6 Å². The largest absolute Gasteiger partial charge is 0.390 e. The lowest BCUT2D eigenvalue weighted by Gasteiger charge is -2.29. The molecule has 2 aliphatic rings. The van der Waals surface area contributed by atoms with E-state index in [0.717, 1.165) is 51.9 Å². The van der Waals surface area contributed by atoms with Gasteiger partial charge in [-0.15, -0.1) is 0 Å². The number of nitrogens with zero attached hydrogens (tertiary/aromatic N) is 1. The van der Waals surface area contributed by atoms with Crippen molar-refractivity contribution in [3.63, 3.8) is 0 Å². The summed E-state index contributed by atoms with van der Waals surface area (Å²) in [6.45, 7) is 6.25. The van der Waals surface area contributed by atoms with Gasteiger partial charge in [-0.3, -0.25) is 0 Å². The summed E-state index contributed by atoms with van der Waals surface area (Å²) in [5, 5.41) is 10.0. The van der Waals surface area contributed by atoms with Crippen molar-refractivity contribution in [1.82, 2.24) is 4.90 Å². The van der Waals surface area contributed by atoms with Crippen LogP contribution in [0.25, 0.3) is 0 Å². The van der Waals surface area contributed by atoms with Crippen LogP contribution in [0.5, 0.6) is 0 Å². The van der Waals surface area contributed by atoms with Crippen molar-refractivity contribution in [2.45, 2.75) is 44.3 Å². The first-order valence-corrected chi connectivity index (χ1v) is 6.30. The maximum atomic E-state index is 10.0. The van der Waals surface area contributed by atoms with E-state index in [0.29, 0.717) is 12.9 Å². The predicted molar refractivity (Wildman–Crippen MR) is 61.2 cm³/mol. The van der Waals surface area contributed by atoms with Crippen LogP contribution in [0, 0.1) is 0 Å². The highest BCUT2D eigenvalue weighted by molar-refractivity contribution is 4.80. The molecule has 2 rings (SSSR count). The monoisotopic (exact) mass is 229 g/mol. The number of hydrogen-bond donors (Lipinski definition) is 1. The first kappa shape index (κ1) is 12.3. The van der Waals surface area contributed by atoms with Gasteiger partial charge >= 0.3 is 0 Å². The summed E-state index contributed by atoms with van der Waals surface area (Å²) in [5.74, 6) is 0. The zero-order chi connectivity index (χ0) is 11.4. The van der Waals surface area contributed by atoms with Crippen LogP contribution < -0.4 is 0 Å². The molecule has 2 aliphatic heterocycles. The number of aliphatic hydroxyl groups is 1. The molecule has 2 unspecified atom stereocenters. The second-order valence-corrected chi connectivity index (χ2v) is 5.25. The molecule has 4 nitrogen and oxygen atoms in total. The minimum absolute atomic E-state index is 0.316. The molecule has 0 aliphatic carbocycles. The Balaban J connectivity index is 1.76. The lowest BCUT2D eigenvalue weighted by Crippen LogP contribution is -2.38. The van der Waals surface area contributed by atoms with Crippen LogP contribution in [0.3, 0.4) is 0 Å². The standard InChI is InChI=1S/C12H23NO3/c1-12(14)4-2-6-13(7-5-12)9-11-3-8-15-10-16-11/h11,14H,2-10H2,1H3. The topological polar surface area (TPSA) is 41.9 Å². The molecule has 94 valence electrons. The van der Waals surface area contributed by atoms with E-state index in [9.17, 15) is 5.11 Å². The highest BCUT2D eigenvalue weighted by atomic mass is 16.7. The van der Waals surface area contributed by atoms with Crippen molar-refractivity contribution in [3.05, 3.63) is 0 Å². The molecule has 0 aromatic rings. The fourth-order valence-corrected chi connectivity index (χ4v) is 2.44. The van der Waals surface area contributed by atoms with Crippen molar-refractivity contribution >= 4 is 0 Å². The van der Waals surface area contributed by atoms with Crippen molar-refractivity contribution in [2.24, 2.45) is 0 Å². The number of ether oxygens (including phenoxy) is 2. The van der Waals surface area contributed by atoms with E-state index in [-0.39, 0.29) is 0 Å². The molecule has 2 fully saturated rings. The summed E-state index contributed by atoms with van der Waals surface area (Å²) in [4.78, 5) is 2.41. The first-order chi connectivity index (χ1) is 7.66. The lowest BCUT2D eigenvalue weighted by atomic mass is 9.98. The Hall–Kier alpha value is -0.160. The minimum atomic E-state index is -0.467. The van der Waals surface area contributed by atoms with Crippen LogP contribution in [-0.4, -0.2) is 54.7 Å². The smallest absolute Gasteiger partial charge is 0.147 e. The van der Waals surface area contributed by atoms with E-state index in [1.807, 2.05) is 6.92 Å². The van der Waals surface area contributed by atoms with Crippen LogP contribution >= 0.6 is 0 Å². The molecule has 0 amide bonds.